The highest BCUT2D eigenvalue weighted by Gasteiger charge is 2.33. The number of rotatable bonds is 2. The number of carbonyl (C=O) groups is 3. The fraction of sp³-hybridized carbons (Fsp3) is 0.182. The third-order valence-corrected chi connectivity index (χ3v) is 2.27. The smallest absolute Gasteiger partial charge is 0.325 e. The molecule has 0 atom stereocenters. The third kappa shape index (κ3) is 2.15. The minimum Gasteiger partial charge on any atom is -0.325 e. The zero-order valence-corrected chi connectivity index (χ0v) is 8.68. The molecule has 1 saturated heterocycles. The summed E-state index contributed by atoms with van der Waals surface area (Å²) in [5.41, 5.74) is -0.319. The van der Waals surface area contributed by atoms with Crippen LogP contribution in [0.1, 0.15) is 23.2 Å². The van der Waals surface area contributed by atoms with E-state index in [2.05, 4.69) is 4.84 Å². The Kier molecular flexibility index (Phi) is 2.86. The molecule has 5 nitrogen and oxygen atoms in total. The van der Waals surface area contributed by atoms with E-state index in [-0.39, 0.29) is 18.4 Å². The van der Waals surface area contributed by atoms with Crippen LogP contribution >= 0.6 is 0 Å². The average Bonchev–Trinajstić information content (AvgIpc) is 2.61. The van der Waals surface area contributed by atoms with Gasteiger partial charge in [-0.05, 0) is 12.1 Å². The van der Waals surface area contributed by atoms with E-state index < -0.39 is 23.6 Å². The molecule has 17 heavy (non-hydrogen) atoms. The summed E-state index contributed by atoms with van der Waals surface area (Å²) in [6.07, 6.45) is 0.00672. The standard InChI is InChI=1S/C11H8FNO4/c12-8-4-2-1-3-7(8)11(16)17-13-9(14)5-6-10(13)15/h1-4H,5-6H2. The number of imide groups is 1. The third-order valence-electron chi connectivity index (χ3n) is 2.27. The highest BCUT2D eigenvalue weighted by Crippen LogP contribution is 2.15. The van der Waals surface area contributed by atoms with E-state index in [1.165, 1.54) is 18.2 Å². The predicted molar refractivity (Wildman–Crippen MR) is 52.9 cm³/mol. The van der Waals surface area contributed by atoms with Gasteiger partial charge in [0.2, 0.25) is 0 Å². The molecule has 1 aromatic carbocycles. The number of hydroxylamine groups is 2. The van der Waals surface area contributed by atoms with Gasteiger partial charge in [-0.3, -0.25) is 9.59 Å². The fourth-order valence-electron chi connectivity index (χ4n) is 1.42. The molecule has 0 aliphatic carbocycles. The summed E-state index contributed by atoms with van der Waals surface area (Å²) in [5.74, 6) is -3.03. The lowest BCUT2D eigenvalue weighted by Gasteiger charge is -2.12. The van der Waals surface area contributed by atoms with Crippen molar-refractivity contribution in [3.8, 4) is 0 Å². The molecule has 1 aromatic rings. The van der Waals surface area contributed by atoms with Gasteiger partial charge in [-0.2, -0.15) is 0 Å². The molecular weight excluding hydrogens is 229 g/mol. The first-order valence-corrected chi connectivity index (χ1v) is 4.92. The molecule has 0 saturated carbocycles. The number of hydrogen-bond acceptors (Lipinski definition) is 4. The maximum Gasteiger partial charge on any atom is 0.366 e. The number of benzene rings is 1. The van der Waals surface area contributed by atoms with Gasteiger partial charge in [0.15, 0.2) is 0 Å². The summed E-state index contributed by atoms with van der Waals surface area (Å²) in [5, 5.41) is 0.384. The first kappa shape index (κ1) is 11.3. The summed E-state index contributed by atoms with van der Waals surface area (Å²) in [7, 11) is 0. The van der Waals surface area contributed by atoms with Crippen LogP contribution in [0.3, 0.4) is 0 Å². The Morgan fingerprint density at radius 3 is 2.35 bits per heavy atom. The predicted octanol–water partition coefficient (Wildman–Crippen LogP) is 1.05. The van der Waals surface area contributed by atoms with Crippen molar-refractivity contribution in [2.45, 2.75) is 12.8 Å². The molecule has 6 heteroatoms. The second-order valence-corrected chi connectivity index (χ2v) is 3.44. The monoisotopic (exact) mass is 237 g/mol. The second kappa shape index (κ2) is 4.32. The zero-order chi connectivity index (χ0) is 12.4. The van der Waals surface area contributed by atoms with Crippen molar-refractivity contribution < 1.29 is 23.6 Å². The van der Waals surface area contributed by atoms with Gasteiger partial charge < -0.3 is 4.84 Å². The quantitative estimate of drug-likeness (QED) is 0.721. The van der Waals surface area contributed by atoms with Crippen molar-refractivity contribution in [1.82, 2.24) is 5.06 Å². The molecule has 0 unspecified atom stereocenters. The van der Waals surface area contributed by atoms with Gasteiger partial charge in [0.25, 0.3) is 11.8 Å². The largest absolute Gasteiger partial charge is 0.366 e. The average molecular weight is 237 g/mol. The number of amides is 2. The number of hydrogen-bond donors (Lipinski definition) is 0. The lowest BCUT2D eigenvalue weighted by Crippen LogP contribution is -2.32. The van der Waals surface area contributed by atoms with Gasteiger partial charge >= 0.3 is 5.97 Å². The van der Waals surface area contributed by atoms with E-state index in [9.17, 15) is 18.8 Å². The van der Waals surface area contributed by atoms with Gasteiger partial charge in [-0.25, -0.2) is 9.18 Å². The van der Waals surface area contributed by atoms with Gasteiger partial charge in [-0.15, -0.1) is 5.06 Å². The number of halogens is 1. The summed E-state index contributed by atoms with van der Waals surface area (Å²) in [4.78, 5) is 38.4. The molecule has 0 aromatic heterocycles. The van der Waals surface area contributed by atoms with Crippen LogP contribution < -0.4 is 0 Å². The van der Waals surface area contributed by atoms with E-state index in [1.54, 1.807) is 0 Å². The molecule has 1 fully saturated rings. The molecular formula is C11H8FNO4. The molecule has 2 amide bonds. The minimum atomic E-state index is -1.06. The molecule has 0 spiro atoms. The topological polar surface area (TPSA) is 63.7 Å². The second-order valence-electron chi connectivity index (χ2n) is 3.44. The van der Waals surface area contributed by atoms with Crippen LogP contribution in [0.5, 0.6) is 0 Å². The number of carbonyl (C=O) groups excluding carboxylic acids is 3. The summed E-state index contributed by atoms with van der Waals surface area (Å²) in [6.45, 7) is 0. The molecule has 0 radical (unpaired) electrons. The fourth-order valence-corrected chi connectivity index (χ4v) is 1.42. The van der Waals surface area contributed by atoms with Crippen molar-refractivity contribution in [3.05, 3.63) is 35.6 Å². The van der Waals surface area contributed by atoms with Crippen LogP contribution in [-0.4, -0.2) is 22.8 Å². The van der Waals surface area contributed by atoms with Crippen LogP contribution in [-0.2, 0) is 14.4 Å². The van der Waals surface area contributed by atoms with E-state index in [0.717, 1.165) is 6.07 Å². The summed E-state index contributed by atoms with van der Waals surface area (Å²) in [6, 6.07) is 5.17. The maximum absolute atomic E-state index is 13.2. The van der Waals surface area contributed by atoms with Crippen LogP contribution in [0.2, 0.25) is 0 Å². The summed E-state index contributed by atoms with van der Waals surface area (Å²) < 4.78 is 13.2. The zero-order valence-electron chi connectivity index (χ0n) is 8.68. The molecule has 1 heterocycles. The Balaban J connectivity index is 2.15. The Hall–Kier alpha value is -2.24. The Bertz CT molecular complexity index is 484. The Labute approximate surface area is 95.7 Å². The van der Waals surface area contributed by atoms with Crippen molar-refractivity contribution >= 4 is 17.8 Å². The van der Waals surface area contributed by atoms with Crippen LogP contribution in [0.15, 0.2) is 24.3 Å². The highest BCUT2D eigenvalue weighted by atomic mass is 19.1. The SMILES string of the molecule is O=C(ON1C(=O)CCC1=O)c1ccccc1F. The molecule has 1 aliphatic rings. The Morgan fingerprint density at radius 2 is 1.76 bits per heavy atom. The van der Waals surface area contributed by atoms with Crippen molar-refractivity contribution in [2.75, 3.05) is 0 Å². The first-order valence-electron chi connectivity index (χ1n) is 4.92. The van der Waals surface area contributed by atoms with Crippen molar-refractivity contribution in [3.63, 3.8) is 0 Å². The van der Waals surface area contributed by atoms with E-state index in [1.807, 2.05) is 0 Å². The first-order chi connectivity index (χ1) is 8.09. The normalized spacial score (nSPS) is 15.2. The van der Waals surface area contributed by atoms with Gasteiger partial charge in [0, 0.05) is 12.8 Å². The highest BCUT2D eigenvalue weighted by molar-refractivity contribution is 6.02. The van der Waals surface area contributed by atoms with Crippen LogP contribution in [0.25, 0.3) is 0 Å². The van der Waals surface area contributed by atoms with E-state index >= 15 is 0 Å². The summed E-state index contributed by atoms with van der Waals surface area (Å²) >= 11 is 0. The number of nitrogens with zero attached hydrogens (tertiary/aromatic N) is 1. The molecule has 0 N–H and O–H groups in total. The maximum atomic E-state index is 13.2. The van der Waals surface area contributed by atoms with E-state index in [0.29, 0.717) is 5.06 Å². The van der Waals surface area contributed by atoms with Crippen molar-refractivity contribution in [2.24, 2.45) is 0 Å². The van der Waals surface area contributed by atoms with E-state index in [4.69, 9.17) is 0 Å². The van der Waals surface area contributed by atoms with Gasteiger partial charge in [0.1, 0.15) is 5.82 Å². The Morgan fingerprint density at radius 1 is 1.18 bits per heavy atom. The van der Waals surface area contributed by atoms with Crippen LogP contribution in [0.4, 0.5) is 4.39 Å². The molecule has 1 aliphatic heterocycles. The van der Waals surface area contributed by atoms with Crippen molar-refractivity contribution in [1.29, 1.82) is 0 Å². The molecule has 0 bridgehead atoms. The van der Waals surface area contributed by atoms with Gasteiger partial charge in [-0.1, -0.05) is 12.1 Å². The molecule has 88 valence electrons. The lowest BCUT2D eigenvalue weighted by molar-refractivity contribution is -0.172. The minimum absolute atomic E-state index is 0.00336. The van der Waals surface area contributed by atoms with Crippen LogP contribution in [0, 0.1) is 5.82 Å². The lowest BCUT2D eigenvalue weighted by atomic mass is 10.2. The molecule has 2 rings (SSSR count). The van der Waals surface area contributed by atoms with Gasteiger partial charge in [0.05, 0.1) is 5.56 Å².